The molecule has 0 saturated carbocycles. The maximum absolute atomic E-state index is 14.1. The lowest BCUT2D eigenvalue weighted by atomic mass is 9.87. The summed E-state index contributed by atoms with van der Waals surface area (Å²) in [4.78, 5) is 11.5. The van der Waals surface area contributed by atoms with Gasteiger partial charge in [0.25, 0.3) is 0 Å². The quantitative estimate of drug-likeness (QED) is 0.310. The number of hydrogen-bond acceptors (Lipinski definition) is 3. The summed E-state index contributed by atoms with van der Waals surface area (Å²) in [7, 11) is 0. The second-order valence-electron chi connectivity index (χ2n) is 6.95. The zero-order valence-corrected chi connectivity index (χ0v) is 15.2. The van der Waals surface area contributed by atoms with Crippen molar-refractivity contribution >= 4 is 5.97 Å². The van der Waals surface area contributed by atoms with Gasteiger partial charge in [0.15, 0.2) is 0 Å². The fourth-order valence-electron chi connectivity index (χ4n) is 1.82. The number of benzene rings is 1. The first-order chi connectivity index (χ1) is 13.1. The van der Waals surface area contributed by atoms with Gasteiger partial charge in [0.2, 0.25) is 0 Å². The third-order valence-electron chi connectivity index (χ3n) is 3.55. The first-order valence-electron chi connectivity index (χ1n) is 7.67. The van der Waals surface area contributed by atoms with E-state index in [1.165, 1.54) is 12.1 Å². The highest BCUT2D eigenvalue weighted by Crippen LogP contribution is 2.51. The van der Waals surface area contributed by atoms with E-state index in [1.54, 1.807) is 20.8 Å². The molecule has 0 radical (unpaired) electrons. The number of hydrogen-bond donors (Lipinski definition) is 0. The van der Waals surface area contributed by atoms with Crippen molar-refractivity contribution in [2.24, 2.45) is 0 Å². The van der Waals surface area contributed by atoms with Gasteiger partial charge in [-0.1, -0.05) is 32.9 Å². The second-order valence-corrected chi connectivity index (χ2v) is 6.95. The number of alkyl halides is 11. The molecule has 1 rings (SSSR count). The highest BCUT2D eigenvalue weighted by Gasteiger charge is 2.80. The monoisotopic (exact) mass is 462 g/mol. The van der Waals surface area contributed by atoms with Gasteiger partial charge < -0.3 is 4.74 Å². The molecule has 3 nitrogen and oxygen atoms in total. The van der Waals surface area contributed by atoms with Crippen molar-refractivity contribution < 1.29 is 62.6 Å². The Balaban J connectivity index is 3.27. The van der Waals surface area contributed by atoms with Crippen LogP contribution in [0.5, 0.6) is 5.75 Å². The van der Waals surface area contributed by atoms with E-state index in [4.69, 9.17) is 0 Å². The van der Waals surface area contributed by atoms with Gasteiger partial charge >= 0.3 is 36.2 Å². The standard InChI is InChI=1S/C16H13F11O3/c1-11(2,3)8-4-6-9(7-5-8)29-10(28)12(17,14(20,21)22)30-16(26,27)13(18,19)15(23,24)25/h4-7H,1-3H3/t12-/m1/s1. The van der Waals surface area contributed by atoms with Gasteiger partial charge in [-0.25, -0.2) is 4.79 Å². The fourth-order valence-corrected chi connectivity index (χ4v) is 1.82. The van der Waals surface area contributed by atoms with Gasteiger partial charge in [0.1, 0.15) is 5.75 Å². The van der Waals surface area contributed by atoms with E-state index < -0.39 is 47.4 Å². The molecule has 172 valence electrons. The third kappa shape index (κ3) is 4.95. The zero-order valence-electron chi connectivity index (χ0n) is 15.2. The second kappa shape index (κ2) is 7.54. The largest absolute Gasteiger partial charge is 0.462 e. The van der Waals surface area contributed by atoms with Crippen molar-refractivity contribution in [3.05, 3.63) is 29.8 Å². The molecule has 0 amide bonds. The summed E-state index contributed by atoms with van der Waals surface area (Å²) in [6.07, 6.45) is -21.1. The Hall–Kier alpha value is -2.12. The smallest absolute Gasteiger partial charge is 0.422 e. The molecule has 0 spiro atoms. The summed E-state index contributed by atoms with van der Waals surface area (Å²) in [5, 5.41) is 0. The number of carbonyl (C=O) groups is 1. The first-order valence-corrected chi connectivity index (χ1v) is 7.67. The molecule has 0 unspecified atom stereocenters. The molecule has 0 aliphatic carbocycles. The van der Waals surface area contributed by atoms with E-state index in [0.717, 1.165) is 12.1 Å². The van der Waals surface area contributed by atoms with Gasteiger partial charge in [-0.3, -0.25) is 4.74 Å². The van der Waals surface area contributed by atoms with Crippen molar-refractivity contribution in [3.63, 3.8) is 0 Å². The number of esters is 1. The van der Waals surface area contributed by atoms with Crippen LogP contribution < -0.4 is 4.74 Å². The molecule has 0 fully saturated rings. The first kappa shape index (κ1) is 25.9. The average molecular weight is 462 g/mol. The van der Waals surface area contributed by atoms with E-state index >= 15 is 0 Å². The Labute approximate surface area is 161 Å². The molecule has 0 saturated heterocycles. The van der Waals surface area contributed by atoms with Gasteiger partial charge in [0, 0.05) is 0 Å². The molecule has 0 aromatic heterocycles. The van der Waals surface area contributed by atoms with E-state index in [2.05, 4.69) is 9.47 Å². The predicted octanol–water partition coefficient (Wildman–Crippen LogP) is 5.92. The summed E-state index contributed by atoms with van der Waals surface area (Å²) < 4.78 is 147. The van der Waals surface area contributed by atoms with E-state index in [0.29, 0.717) is 5.56 Å². The van der Waals surface area contributed by atoms with Crippen LogP contribution in [0, 0.1) is 0 Å². The third-order valence-corrected chi connectivity index (χ3v) is 3.55. The Morgan fingerprint density at radius 2 is 1.17 bits per heavy atom. The van der Waals surface area contributed by atoms with E-state index in [-0.39, 0.29) is 0 Å². The molecule has 30 heavy (non-hydrogen) atoms. The Kier molecular flexibility index (Phi) is 6.51. The summed E-state index contributed by atoms with van der Waals surface area (Å²) in [6, 6.07) is 4.03. The molecule has 0 heterocycles. The van der Waals surface area contributed by atoms with Crippen LogP contribution in [0.4, 0.5) is 48.3 Å². The van der Waals surface area contributed by atoms with Crippen LogP contribution >= 0.6 is 0 Å². The van der Waals surface area contributed by atoms with Crippen LogP contribution in [0.3, 0.4) is 0 Å². The minimum absolute atomic E-state index is 0.493. The molecule has 0 bridgehead atoms. The van der Waals surface area contributed by atoms with Crippen LogP contribution in [0.25, 0.3) is 0 Å². The summed E-state index contributed by atoms with van der Waals surface area (Å²) in [5.41, 5.74) is 0.0458. The average Bonchev–Trinajstić information content (AvgIpc) is 2.51. The number of halogens is 11. The maximum Gasteiger partial charge on any atom is 0.462 e. The molecule has 1 aromatic carbocycles. The van der Waals surface area contributed by atoms with Gasteiger partial charge in [-0.2, -0.15) is 48.3 Å². The normalized spacial score (nSPS) is 16.2. The SMILES string of the molecule is CC(C)(C)c1ccc(OC(=O)[C@@](F)(OC(F)(F)C(F)(F)C(F)(F)F)C(F)(F)F)cc1. The van der Waals surface area contributed by atoms with Crippen molar-refractivity contribution in [1.82, 2.24) is 0 Å². The number of rotatable bonds is 5. The lowest BCUT2D eigenvalue weighted by Crippen LogP contribution is -2.62. The molecule has 0 N–H and O–H groups in total. The molecular weight excluding hydrogens is 449 g/mol. The van der Waals surface area contributed by atoms with Crippen LogP contribution in [0.2, 0.25) is 0 Å². The summed E-state index contributed by atoms with van der Waals surface area (Å²) in [5.74, 6) is -17.8. The Morgan fingerprint density at radius 1 is 0.733 bits per heavy atom. The minimum atomic E-state index is -7.27. The van der Waals surface area contributed by atoms with Crippen LogP contribution in [-0.4, -0.2) is 36.2 Å². The zero-order chi connectivity index (χ0) is 24.0. The molecular formula is C16H13F11O3. The van der Waals surface area contributed by atoms with Crippen LogP contribution in [0.15, 0.2) is 24.3 Å². The molecule has 1 atom stereocenters. The van der Waals surface area contributed by atoms with Crippen molar-refractivity contribution in [2.45, 2.75) is 56.4 Å². The maximum atomic E-state index is 14.1. The Morgan fingerprint density at radius 3 is 1.50 bits per heavy atom. The van der Waals surface area contributed by atoms with Crippen LogP contribution in [0.1, 0.15) is 26.3 Å². The van der Waals surface area contributed by atoms with E-state index in [1.807, 2.05) is 0 Å². The lowest BCUT2D eigenvalue weighted by molar-refractivity contribution is -0.474. The van der Waals surface area contributed by atoms with Gasteiger partial charge in [-0.15, -0.1) is 0 Å². The number of ether oxygens (including phenoxy) is 2. The molecule has 14 heteroatoms. The highest BCUT2D eigenvalue weighted by molar-refractivity contribution is 5.81. The topological polar surface area (TPSA) is 35.5 Å². The van der Waals surface area contributed by atoms with Crippen molar-refractivity contribution in [3.8, 4) is 5.75 Å². The Bertz CT molecular complexity index is 761. The fraction of sp³-hybridized carbons (Fsp3) is 0.562. The van der Waals surface area contributed by atoms with Crippen LogP contribution in [-0.2, 0) is 14.9 Å². The van der Waals surface area contributed by atoms with Crippen molar-refractivity contribution in [2.75, 3.05) is 0 Å². The summed E-state index contributed by atoms with van der Waals surface area (Å²) in [6.45, 7) is 5.13. The molecule has 0 aliphatic rings. The van der Waals surface area contributed by atoms with Gasteiger partial charge in [0.05, 0.1) is 0 Å². The van der Waals surface area contributed by atoms with Crippen molar-refractivity contribution in [1.29, 1.82) is 0 Å². The number of carbonyl (C=O) groups excluding carboxylic acids is 1. The minimum Gasteiger partial charge on any atom is -0.422 e. The van der Waals surface area contributed by atoms with E-state index in [9.17, 15) is 53.1 Å². The van der Waals surface area contributed by atoms with Gasteiger partial charge in [-0.05, 0) is 23.1 Å². The predicted molar refractivity (Wildman–Crippen MR) is 77.7 cm³/mol. The molecule has 0 aliphatic heterocycles. The molecule has 1 aromatic rings. The lowest BCUT2D eigenvalue weighted by Gasteiger charge is -2.33. The summed E-state index contributed by atoms with van der Waals surface area (Å²) >= 11 is 0. The highest BCUT2D eigenvalue weighted by atomic mass is 19.4.